The van der Waals surface area contributed by atoms with Crippen LogP contribution in [0.3, 0.4) is 0 Å². The Morgan fingerprint density at radius 1 is 1.21 bits per heavy atom. The van der Waals surface area contributed by atoms with Crippen molar-refractivity contribution in [1.82, 2.24) is 0 Å². The molecular formula is C19H22N2O2S. The number of ether oxygens (including phenoxy) is 1. The van der Waals surface area contributed by atoms with Crippen LogP contribution in [0, 0.1) is 0 Å². The summed E-state index contributed by atoms with van der Waals surface area (Å²) in [5.74, 6) is 0.695. The molecule has 1 heterocycles. The molecule has 24 heavy (non-hydrogen) atoms. The van der Waals surface area contributed by atoms with Crippen LogP contribution in [0.15, 0.2) is 53.4 Å². The number of carbonyl (C=O) groups is 1. The Kier molecular flexibility index (Phi) is 5.30. The van der Waals surface area contributed by atoms with E-state index < -0.39 is 0 Å². The fourth-order valence-corrected chi connectivity index (χ4v) is 3.94. The molecule has 0 aliphatic carbocycles. The van der Waals surface area contributed by atoms with E-state index >= 15 is 0 Å². The van der Waals surface area contributed by atoms with E-state index in [4.69, 9.17) is 4.74 Å². The van der Waals surface area contributed by atoms with Gasteiger partial charge in [0.2, 0.25) is 0 Å². The maximum absolute atomic E-state index is 12.9. The molecular weight excluding hydrogens is 320 g/mol. The van der Waals surface area contributed by atoms with Crippen molar-refractivity contribution < 1.29 is 9.53 Å². The van der Waals surface area contributed by atoms with Crippen molar-refractivity contribution in [3.05, 3.63) is 48.5 Å². The number of anilines is 2. The first-order valence-corrected chi connectivity index (χ1v) is 9.17. The van der Waals surface area contributed by atoms with E-state index in [9.17, 15) is 4.79 Å². The topological polar surface area (TPSA) is 41.6 Å². The average Bonchev–Trinajstić information content (AvgIpc) is 2.62. The number of rotatable bonds is 4. The molecule has 4 nitrogen and oxygen atoms in total. The van der Waals surface area contributed by atoms with Gasteiger partial charge in [0.25, 0.3) is 0 Å². The van der Waals surface area contributed by atoms with E-state index in [0.717, 1.165) is 17.0 Å². The zero-order valence-corrected chi connectivity index (χ0v) is 14.8. The van der Waals surface area contributed by atoms with Crippen molar-refractivity contribution in [1.29, 1.82) is 0 Å². The second kappa shape index (κ2) is 7.62. The fraction of sp³-hybridized carbons (Fsp3) is 0.316. The molecule has 2 aromatic carbocycles. The molecule has 1 atom stereocenters. The van der Waals surface area contributed by atoms with Crippen molar-refractivity contribution in [3.8, 4) is 5.75 Å². The summed E-state index contributed by atoms with van der Waals surface area (Å²) in [4.78, 5) is 15.9. The van der Waals surface area contributed by atoms with E-state index in [1.807, 2.05) is 66.1 Å². The molecule has 1 aliphatic heterocycles. The van der Waals surface area contributed by atoms with Crippen LogP contribution < -0.4 is 15.0 Å². The minimum Gasteiger partial charge on any atom is -0.492 e. The molecule has 126 valence electrons. The van der Waals surface area contributed by atoms with Crippen LogP contribution in [0.25, 0.3) is 0 Å². The Balaban J connectivity index is 1.85. The van der Waals surface area contributed by atoms with E-state index in [1.54, 1.807) is 0 Å². The predicted molar refractivity (Wildman–Crippen MR) is 100 cm³/mol. The van der Waals surface area contributed by atoms with Gasteiger partial charge in [-0.3, -0.25) is 4.90 Å². The maximum Gasteiger partial charge on any atom is 0.326 e. The Hall–Kier alpha value is -2.14. The number of para-hydroxylation sites is 3. The summed E-state index contributed by atoms with van der Waals surface area (Å²) in [5.41, 5.74) is 1.67. The largest absolute Gasteiger partial charge is 0.492 e. The lowest BCUT2D eigenvalue weighted by Crippen LogP contribution is -2.41. The summed E-state index contributed by atoms with van der Waals surface area (Å²) in [6.45, 7) is 5.36. The van der Waals surface area contributed by atoms with E-state index in [0.29, 0.717) is 29.8 Å². The van der Waals surface area contributed by atoms with Gasteiger partial charge < -0.3 is 10.1 Å². The van der Waals surface area contributed by atoms with E-state index in [2.05, 4.69) is 18.3 Å². The number of benzene rings is 2. The number of amides is 2. The minimum atomic E-state index is -0.117. The summed E-state index contributed by atoms with van der Waals surface area (Å²) in [5, 5.41) is 3.41. The van der Waals surface area contributed by atoms with Crippen LogP contribution in [0.4, 0.5) is 16.2 Å². The van der Waals surface area contributed by atoms with Crippen LogP contribution >= 0.6 is 11.8 Å². The highest BCUT2D eigenvalue weighted by Gasteiger charge is 2.28. The third kappa shape index (κ3) is 3.51. The van der Waals surface area contributed by atoms with Crippen LogP contribution in [-0.2, 0) is 0 Å². The first kappa shape index (κ1) is 16.7. The van der Waals surface area contributed by atoms with Gasteiger partial charge in [-0.05, 0) is 37.6 Å². The maximum atomic E-state index is 12.9. The first-order valence-electron chi connectivity index (χ1n) is 8.29. The van der Waals surface area contributed by atoms with E-state index in [-0.39, 0.29) is 6.03 Å². The summed E-state index contributed by atoms with van der Waals surface area (Å²) in [6, 6.07) is 15.5. The van der Waals surface area contributed by atoms with E-state index in [1.165, 1.54) is 0 Å². The normalized spacial score (nSPS) is 16.4. The van der Waals surface area contributed by atoms with Crippen molar-refractivity contribution >= 4 is 29.2 Å². The monoisotopic (exact) mass is 342 g/mol. The van der Waals surface area contributed by atoms with Crippen molar-refractivity contribution in [2.45, 2.75) is 30.4 Å². The van der Waals surface area contributed by atoms with Gasteiger partial charge in [-0.15, -0.1) is 11.8 Å². The molecule has 0 spiro atoms. The lowest BCUT2D eigenvalue weighted by atomic mass is 10.2. The van der Waals surface area contributed by atoms with Crippen molar-refractivity contribution in [2.24, 2.45) is 0 Å². The molecule has 3 rings (SSSR count). The second-order valence-corrected chi connectivity index (χ2v) is 6.93. The molecule has 0 aromatic heterocycles. The molecule has 2 aromatic rings. The molecule has 5 heteroatoms. The number of fused-ring (bicyclic) bond motifs is 1. The van der Waals surface area contributed by atoms with Crippen LogP contribution in [0.5, 0.6) is 5.75 Å². The number of urea groups is 1. The Morgan fingerprint density at radius 3 is 2.75 bits per heavy atom. The highest BCUT2D eigenvalue weighted by molar-refractivity contribution is 8.00. The zero-order chi connectivity index (χ0) is 16.9. The molecule has 0 fully saturated rings. The molecule has 0 saturated heterocycles. The highest BCUT2D eigenvalue weighted by atomic mass is 32.2. The predicted octanol–water partition coefficient (Wildman–Crippen LogP) is 5.01. The lowest BCUT2D eigenvalue weighted by Gasteiger charge is -2.33. The standard InChI is InChI=1S/C19H22N2O2S/c1-3-14-13-21(16-10-6-8-12-18(16)24-14)19(22)20-15-9-5-7-11-17(15)23-4-2/h5-12,14H,3-4,13H2,1-2H3,(H,20,22)/t14-/m1/s1. The first-order chi connectivity index (χ1) is 11.7. The molecule has 1 N–H and O–H groups in total. The third-order valence-electron chi connectivity index (χ3n) is 3.96. The molecule has 1 aliphatic rings. The smallest absolute Gasteiger partial charge is 0.326 e. The number of nitrogens with one attached hydrogen (secondary N) is 1. The summed E-state index contributed by atoms with van der Waals surface area (Å²) >= 11 is 1.85. The number of thioether (sulfide) groups is 1. The molecule has 0 bridgehead atoms. The SMILES string of the molecule is CCOc1ccccc1NC(=O)N1C[C@@H](CC)Sc2ccccc21. The van der Waals surface area contributed by atoms with Gasteiger partial charge in [0, 0.05) is 16.7 Å². The summed E-state index contributed by atoms with van der Waals surface area (Å²) < 4.78 is 5.60. The molecule has 0 saturated carbocycles. The minimum absolute atomic E-state index is 0.117. The van der Waals surface area contributed by atoms with Crippen LogP contribution in [0.2, 0.25) is 0 Å². The van der Waals surface area contributed by atoms with Crippen molar-refractivity contribution in [2.75, 3.05) is 23.4 Å². The zero-order valence-electron chi connectivity index (χ0n) is 14.0. The summed E-state index contributed by atoms with van der Waals surface area (Å²) in [6.07, 6.45) is 1.03. The molecule has 2 amide bonds. The number of nitrogens with zero attached hydrogens (tertiary/aromatic N) is 1. The number of carbonyl (C=O) groups excluding carboxylic acids is 1. The number of hydrogen-bond acceptors (Lipinski definition) is 3. The summed E-state index contributed by atoms with van der Waals surface area (Å²) in [7, 11) is 0. The van der Waals surface area contributed by atoms with Crippen LogP contribution in [0.1, 0.15) is 20.3 Å². The average molecular weight is 342 g/mol. The van der Waals surface area contributed by atoms with Gasteiger partial charge in [0.15, 0.2) is 0 Å². The Labute approximate surface area is 147 Å². The second-order valence-electron chi connectivity index (χ2n) is 5.59. The van der Waals surface area contributed by atoms with Gasteiger partial charge in [0.05, 0.1) is 18.0 Å². The number of hydrogen-bond donors (Lipinski definition) is 1. The van der Waals surface area contributed by atoms with Gasteiger partial charge in [-0.1, -0.05) is 31.2 Å². The molecule has 0 radical (unpaired) electrons. The Bertz CT molecular complexity index is 720. The fourth-order valence-electron chi connectivity index (χ4n) is 2.74. The molecule has 0 unspecified atom stereocenters. The van der Waals surface area contributed by atoms with Gasteiger partial charge in [-0.25, -0.2) is 4.79 Å². The highest BCUT2D eigenvalue weighted by Crippen LogP contribution is 2.39. The third-order valence-corrected chi connectivity index (χ3v) is 5.38. The Morgan fingerprint density at radius 2 is 1.96 bits per heavy atom. The van der Waals surface area contributed by atoms with Gasteiger partial charge in [0.1, 0.15) is 5.75 Å². The van der Waals surface area contributed by atoms with Gasteiger partial charge in [-0.2, -0.15) is 0 Å². The quantitative estimate of drug-likeness (QED) is 0.849. The lowest BCUT2D eigenvalue weighted by molar-refractivity contribution is 0.256. The van der Waals surface area contributed by atoms with Gasteiger partial charge >= 0.3 is 6.03 Å². The van der Waals surface area contributed by atoms with Crippen LogP contribution in [-0.4, -0.2) is 24.4 Å². The van der Waals surface area contributed by atoms with Crippen molar-refractivity contribution in [3.63, 3.8) is 0 Å².